The highest BCUT2D eigenvalue weighted by atomic mass is 35.5. The molecule has 5 nitrogen and oxygen atoms in total. The van der Waals surface area contributed by atoms with Crippen LogP contribution in [0.4, 0.5) is 4.79 Å². The van der Waals surface area contributed by atoms with Crippen molar-refractivity contribution in [2.24, 2.45) is 0 Å². The van der Waals surface area contributed by atoms with Crippen molar-refractivity contribution in [2.75, 3.05) is 20.3 Å². The van der Waals surface area contributed by atoms with Gasteiger partial charge in [-0.1, -0.05) is 41.4 Å². The highest BCUT2D eigenvalue weighted by Crippen LogP contribution is 2.31. The number of hydrogen-bond acceptors (Lipinski definition) is 4. The number of methoxy groups -OCH3 is 1. The van der Waals surface area contributed by atoms with Gasteiger partial charge in [-0.15, -0.1) is 0 Å². The number of amides is 2. The lowest BCUT2D eigenvalue weighted by atomic mass is 9.94. The minimum absolute atomic E-state index is 0.0265. The standard InChI is InChI=1S/C20H20ClNO4/c1-13-7-8-14-5-3-4-6-15(14)11-16(18(13)21)12-17-19(23)22(9-10-25-2)20(24)26-17/h3-6,11-12H,7-10H2,1-2H3/b16-11?,17-12+,18-13?. The fourth-order valence-corrected chi connectivity index (χ4v) is 3.14. The summed E-state index contributed by atoms with van der Waals surface area (Å²) in [6.07, 6.45) is 4.50. The summed E-state index contributed by atoms with van der Waals surface area (Å²) in [5.41, 5.74) is 3.93. The zero-order valence-electron chi connectivity index (χ0n) is 14.8. The average molecular weight is 374 g/mol. The number of benzene rings is 1. The van der Waals surface area contributed by atoms with Crippen molar-refractivity contribution in [1.29, 1.82) is 0 Å². The van der Waals surface area contributed by atoms with Crippen LogP contribution in [-0.4, -0.2) is 37.2 Å². The number of ether oxygens (including phenoxy) is 2. The molecule has 0 unspecified atom stereocenters. The molecule has 1 aliphatic carbocycles. The normalized spacial score (nSPS) is 19.3. The van der Waals surface area contributed by atoms with Crippen molar-refractivity contribution >= 4 is 29.7 Å². The molecule has 1 aromatic carbocycles. The van der Waals surface area contributed by atoms with E-state index in [1.165, 1.54) is 12.7 Å². The molecule has 1 heterocycles. The number of fused-ring (bicyclic) bond motifs is 1. The van der Waals surface area contributed by atoms with E-state index in [-0.39, 0.29) is 18.9 Å². The Labute approximate surface area is 157 Å². The van der Waals surface area contributed by atoms with Crippen LogP contribution in [0.5, 0.6) is 0 Å². The number of allylic oxidation sites excluding steroid dienone is 4. The molecule has 136 valence electrons. The van der Waals surface area contributed by atoms with E-state index in [0.29, 0.717) is 10.6 Å². The van der Waals surface area contributed by atoms with Gasteiger partial charge < -0.3 is 9.47 Å². The number of carbonyl (C=O) groups excluding carboxylic acids is 2. The van der Waals surface area contributed by atoms with E-state index >= 15 is 0 Å². The Kier molecular flexibility index (Phi) is 5.59. The third-order valence-electron chi connectivity index (χ3n) is 4.44. The molecule has 2 aliphatic rings. The number of carbonyl (C=O) groups is 2. The topological polar surface area (TPSA) is 55.8 Å². The number of hydrogen-bond donors (Lipinski definition) is 0. The molecular formula is C20H20ClNO4. The maximum absolute atomic E-state index is 12.5. The van der Waals surface area contributed by atoms with Crippen LogP contribution in [0.25, 0.3) is 6.08 Å². The summed E-state index contributed by atoms with van der Waals surface area (Å²) in [4.78, 5) is 25.4. The monoisotopic (exact) mass is 373 g/mol. The zero-order chi connectivity index (χ0) is 18.7. The second-order valence-corrected chi connectivity index (χ2v) is 6.60. The van der Waals surface area contributed by atoms with Gasteiger partial charge in [-0.2, -0.15) is 0 Å². The first-order chi connectivity index (χ1) is 12.5. The molecule has 0 saturated carbocycles. The molecule has 2 amide bonds. The van der Waals surface area contributed by atoms with Gasteiger partial charge >= 0.3 is 6.09 Å². The third kappa shape index (κ3) is 3.74. The van der Waals surface area contributed by atoms with E-state index in [1.807, 2.05) is 31.2 Å². The molecular weight excluding hydrogens is 354 g/mol. The third-order valence-corrected chi connectivity index (χ3v) is 4.98. The number of rotatable bonds is 4. The average Bonchev–Trinajstić information content (AvgIpc) is 2.90. The van der Waals surface area contributed by atoms with Gasteiger partial charge in [0.2, 0.25) is 0 Å². The van der Waals surface area contributed by atoms with E-state index in [2.05, 4.69) is 6.07 Å². The van der Waals surface area contributed by atoms with Gasteiger partial charge in [0.25, 0.3) is 5.91 Å². The maximum atomic E-state index is 12.5. The Morgan fingerprint density at radius 2 is 2.04 bits per heavy atom. The summed E-state index contributed by atoms with van der Waals surface area (Å²) in [6.45, 7) is 2.37. The fraction of sp³-hybridized carbons (Fsp3) is 0.300. The largest absolute Gasteiger partial charge is 0.422 e. The van der Waals surface area contributed by atoms with Crippen LogP contribution in [-0.2, 0) is 20.7 Å². The molecule has 0 radical (unpaired) electrons. The molecule has 3 rings (SSSR count). The van der Waals surface area contributed by atoms with Crippen molar-refractivity contribution in [3.63, 3.8) is 0 Å². The quantitative estimate of drug-likeness (QED) is 0.747. The first-order valence-corrected chi connectivity index (χ1v) is 8.78. The van der Waals surface area contributed by atoms with Crippen LogP contribution < -0.4 is 0 Å². The first kappa shape index (κ1) is 18.4. The Balaban J connectivity index is 1.99. The van der Waals surface area contributed by atoms with E-state index < -0.39 is 12.0 Å². The van der Waals surface area contributed by atoms with Crippen molar-refractivity contribution in [3.05, 3.63) is 63.4 Å². The van der Waals surface area contributed by atoms with Crippen molar-refractivity contribution in [1.82, 2.24) is 4.90 Å². The summed E-state index contributed by atoms with van der Waals surface area (Å²) in [6, 6.07) is 8.05. The second-order valence-electron chi connectivity index (χ2n) is 6.22. The van der Waals surface area contributed by atoms with E-state index in [0.717, 1.165) is 28.9 Å². The first-order valence-electron chi connectivity index (χ1n) is 8.41. The van der Waals surface area contributed by atoms with E-state index in [4.69, 9.17) is 21.1 Å². The lowest BCUT2D eigenvalue weighted by molar-refractivity contribution is -0.123. The predicted octanol–water partition coefficient (Wildman–Crippen LogP) is 4.04. The summed E-state index contributed by atoms with van der Waals surface area (Å²) in [5.74, 6) is -0.508. The lowest BCUT2D eigenvalue weighted by Gasteiger charge is -2.14. The minimum Gasteiger partial charge on any atom is -0.404 e. The number of halogens is 1. The van der Waals surface area contributed by atoms with E-state index in [1.54, 1.807) is 6.08 Å². The van der Waals surface area contributed by atoms with Crippen LogP contribution >= 0.6 is 11.6 Å². The van der Waals surface area contributed by atoms with Crippen LogP contribution in [0.1, 0.15) is 24.5 Å². The number of imide groups is 1. The molecule has 6 heteroatoms. The van der Waals surface area contributed by atoms with Gasteiger partial charge in [-0.05, 0) is 48.6 Å². The maximum Gasteiger partial charge on any atom is 0.422 e. The molecule has 0 bridgehead atoms. The Bertz CT molecular complexity index is 838. The molecule has 1 aromatic rings. The molecule has 1 fully saturated rings. The molecule has 0 spiro atoms. The highest BCUT2D eigenvalue weighted by Gasteiger charge is 2.36. The zero-order valence-corrected chi connectivity index (χ0v) is 15.5. The summed E-state index contributed by atoms with van der Waals surface area (Å²) in [7, 11) is 1.51. The lowest BCUT2D eigenvalue weighted by Crippen LogP contribution is -2.31. The molecule has 1 aliphatic heterocycles. The number of aryl methyl sites for hydroxylation is 1. The van der Waals surface area contributed by atoms with Crippen LogP contribution in [0.2, 0.25) is 0 Å². The second kappa shape index (κ2) is 7.89. The van der Waals surface area contributed by atoms with Crippen molar-refractivity contribution in [2.45, 2.75) is 19.8 Å². The molecule has 26 heavy (non-hydrogen) atoms. The minimum atomic E-state index is -0.693. The summed E-state index contributed by atoms with van der Waals surface area (Å²) >= 11 is 6.54. The van der Waals surface area contributed by atoms with Crippen LogP contribution in [0, 0.1) is 0 Å². The summed E-state index contributed by atoms with van der Waals surface area (Å²) < 4.78 is 10.1. The predicted molar refractivity (Wildman–Crippen MR) is 99.4 cm³/mol. The number of cyclic esters (lactones) is 1. The molecule has 0 aromatic heterocycles. The highest BCUT2D eigenvalue weighted by molar-refractivity contribution is 6.33. The Morgan fingerprint density at radius 3 is 2.81 bits per heavy atom. The smallest absolute Gasteiger partial charge is 0.404 e. The van der Waals surface area contributed by atoms with Gasteiger partial charge in [0.1, 0.15) is 0 Å². The van der Waals surface area contributed by atoms with Gasteiger partial charge in [0, 0.05) is 12.1 Å². The van der Waals surface area contributed by atoms with Gasteiger partial charge in [-0.3, -0.25) is 4.79 Å². The summed E-state index contributed by atoms with van der Waals surface area (Å²) in [5, 5.41) is 0.575. The Hall–Kier alpha value is -2.37. The fourth-order valence-electron chi connectivity index (χ4n) is 2.93. The van der Waals surface area contributed by atoms with E-state index in [9.17, 15) is 9.59 Å². The molecule has 1 saturated heterocycles. The Morgan fingerprint density at radius 1 is 1.27 bits per heavy atom. The van der Waals surface area contributed by atoms with Crippen molar-refractivity contribution in [3.8, 4) is 0 Å². The number of nitrogens with zero attached hydrogens (tertiary/aromatic N) is 1. The molecule has 0 N–H and O–H groups in total. The van der Waals surface area contributed by atoms with Gasteiger partial charge in [0.15, 0.2) is 5.76 Å². The van der Waals surface area contributed by atoms with Crippen molar-refractivity contribution < 1.29 is 19.1 Å². The van der Waals surface area contributed by atoms with Gasteiger partial charge in [0.05, 0.1) is 13.2 Å². The molecule has 0 atom stereocenters. The SMILES string of the molecule is COCCN1C(=O)O/C(=C/C2=Cc3ccccc3CCC(C)=C2Cl)C1=O. The van der Waals surface area contributed by atoms with Crippen LogP contribution in [0.15, 0.2) is 52.3 Å². The van der Waals surface area contributed by atoms with Crippen LogP contribution in [0.3, 0.4) is 0 Å². The van der Waals surface area contributed by atoms with Gasteiger partial charge in [-0.25, -0.2) is 9.69 Å².